The van der Waals surface area contributed by atoms with E-state index < -0.39 is 0 Å². The van der Waals surface area contributed by atoms with Crippen molar-refractivity contribution in [2.75, 3.05) is 13.7 Å². The van der Waals surface area contributed by atoms with E-state index in [1.165, 1.54) is 0 Å². The average molecular weight is 236 g/mol. The fraction of sp³-hybridized carbons (Fsp3) is 0.500. The first-order valence-corrected chi connectivity index (χ1v) is 5.90. The molecule has 1 aromatic carbocycles. The second kappa shape index (κ2) is 7.85. The second-order valence-corrected chi connectivity index (χ2v) is 4.21. The van der Waals surface area contributed by atoms with Crippen LogP contribution in [0.5, 0.6) is 5.75 Å². The summed E-state index contributed by atoms with van der Waals surface area (Å²) >= 11 is 0. The Morgan fingerprint density at radius 3 is 2.59 bits per heavy atom. The van der Waals surface area contributed by atoms with E-state index in [4.69, 9.17) is 9.47 Å². The van der Waals surface area contributed by atoms with Crippen molar-refractivity contribution < 1.29 is 14.3 Å². The van der Waals surface area contributed by atoms with Crippen LogP contribution in [0.2, 0.25) is 0 Å². The van der Waals surface area contributed by atoms with Gasteiger partial charge in [-0.15, -0.1) is 0 Å². The van der Waals surface area contributed by atoms with Crippen molar-refractivity contribution in [2.45, 2.75) is 26.4 Å². The van der Waals surface area contributed by atoms with Crippen molar-refractivity contribution in [2.24, 2.45) is 5.92 Å². The first kappa shape index (κ1) is 13.7. The number of aldehydes is 1. The molecule has 1 aromatic rings. The van der Waals surface area contributed by atoms with E-state index in [0.717, 1.165) is 24.0 Å². The highest BCUT2D eigenvalue weighted by molar-refractivity contribution is 5.49. The summed E-state index contributed by atoms with van der Waals surface area (Å²) in [6.07, 6.45) is 2.47. The molecular formula is C14H20O3. The zero-order chi connectivity index (χ0) is 12.5. The van der Waals surface area contributed by atoms with E-state index in [1.54, 1.807) is 7.11 Å². The topological polar surface area (TPSA) is 35.5 Å². The molecule has 0 bridgehead atoms. The van der Waals surface area contributed by atoms with Gasteiger partial charge in [-0.25, -0.2) is 0 Å². The van der Waals surface area contributed by atoms with Crippen LogP contribution in [0.1, 0.15) is 25.3 Å². The number of ether oxygens (including phenoxy) is 2. The minimum absolute atomic E-state index is 0.429. The minimum Gasteiger partial charge on any atom is -0.497 e. The van der Waals surface area contributed by atoms with Gasteiger partial charge in [0.25, 0.3) is 0 Å². The maximum atomic E-state index is 10.2. The maximum absolute atomic E-state index is 10.2. The summed E-state index contributed by atoms with van der Waals surface area (Å²) in [7, 11) is 1.65. The molecule has 0 aromatic heterocycles. The molecule has 17 heavy (non-hydrogen) atoms. The van der Waals surface area contributed by atoms with Crippen molar-refractivity contribution in [3.63, 3.8) is 0 Å². The molecule has 0 heterocycles. The molecule has 0 saturated carbocycles. The molecule has 3 heteroatoms. The zero-order valence-corrected chi connectivity index (χ0v) is 10.5. The van der Waals surface area contributed by atoms with Crippen molar-refractivity contribution in [1.82, 2.24) is 0 Å². The maximum Gasteiger partial charge on any atom is 0.120 e. The summed E-state index contributed by atoms with van der Waals surface area (Å²) in [5.41, 5.74) is 1.13. The van der Waals surface area contributed by atoms with E-state index >= 15 is 0 Å². The largest absolute Gasteiger partial charge is 0.497 e. The first-order chi connectivity index (χ1) is 8.26. The van der Waals surface area contributed by atoms with Crippen molar-refractivity contribution in [1.29, 1.82) is 0 Å². The third kappa shape index (κ3) is 5.50. The van der Waals surface area contributed by atoms with Crippen LogP contribution in [0, 0.1) is 5.92 Å². The van der Waals surface area contributed by atoms with Gasteiger partial charge in [0.1, 0.15) is 12.0 Å². The van der Waals surface area contributed by atoms with Crippen molar-refractivity contribution in [3.05, 3.63) is 29.8 Å². The summed E-state index contributed by atoms with van der Waals surface area (Å²) in [6.45, 7) is 3.40. The standard InChI is InChI=1S/C14H20O3/c1-12(4-3-9-15)10-17-11-13-5-7-14(16-2)8-6-13/h5-9,12H,3-4,10-11H2,1-2H3/t12-/m0/s1. The summed E-state index contributed by atoms with van der Waals surface area (Å²) in [5, 5.41) is 0. The van der Waals surface area contributed by atoms with Gasteiger partial charge in [0, 0.05) is 13.0 Å². The number of carbonyl (C=O) groups is 1. The van der Waals surface area contributed by atoms with E-state index in [1.807, 2.05) is 24.3 Å². The third-order valence-corrected chi connectivity index (χ3v) is 2.61. The minimum atomic E-state index is 0.429. The normalized spacial score (nSPS) is 12.1. The summed E-state index contributed by atoms with van der Waals surface area (Å²) in [5.74, 6) is 1.28. The SMILES string of the molecule is COc1ccc(COC[C@@H](C)CCC=O)cc1. The van der Waals surface area contributed by atoms with E-state index in [2.05, 4.69) is 6.92 Å². The molecule has 3 nitrogen and oxygen atoms in total. The molecule has 0 N–H and O–H groups in total. The Hall–Kier alpha value is -1.35. The average Bonchev–Trinajstić information content (AvgIpc) is 2.37. The highest BCUT2D eigenvalue weighted by Gasteiger charge is 2.02. The molecule has 94 valence electrons. The fourth-order valence-electron chi connectivity index (χ4n) is 1.54. The van der Waals surface area contributed by atoms with E-state index in [9.17, 15) is 4.79 Å². The van der Waals surface area contributed by atoms with Crippen LogP contribution in [0.25, 0.3) is 0 Å². The molecule has 0 aliphatic carbocycles. The van der Waals surface area contributed by atoms with Crippen LogP contribution in [-0.2, 0) is 16.1 Å². The lowest BCUT2D eigenvalue weighted by molar-refractivity contribution is -0.108. The summed E-state index contributed by atoms with van der Waals surface area (Å²) < 4.78 is 10.7. The van der Waals surface area contributed by atoms with Gasteiger partial charge >= 0.3 is 0 Å². The van der Waals surface area contributed by atoms with Crippen LogP contribution in [0.15, 0.2) is 24.3 Å². The van der Waals surface area contributed by atoms with Gasteiger partial charge in [0.2, 0.25) is 0 Å². The number of hydrogen-bond acceptors (Lipinski definition) is 3. The third-order valence-electron chi connectivity index (χ3n) is 2.61. The Labute approximate surface area is 103 Å². The smallest absolute Gasteiger partial charge is 0.120 e. The number of rotatable bonds is 8. The van der Waals surface area contributed by atoms with Crippen LogP contribution in [0.3, 0.4) is 0 Å². The molecular weight excluding hydrogens is 216 g/mol. The van der Waals surface area contributed by atoms with Crippen molar-refractivity contribution in [3.8, 4) is 5.75 Å². The molecule has 0 spiro atoms. The van der Waals surface area contributed by atoms with Gasteiger partial charge in [-0.3, -0.25) is 0 Å². The van der Waals surface area contributed by atoms with Crippen LogP contribution >= 0.6 is 0 Å². The number of benzene rings is 1. The second-order valence-electron chi connectivity index (χ2n) is 4.21. The van der Waals surface area contributed by atoms with Gasteiger partial charge < -0.3 is 14.3 Å². The molecule has 0 amide bonds. The van der Waals surface area contributed by atoms with Crippen LogP contribution in [-0.4, -0.2) is 20.0 Å². The highest BCUT2D eigenvalue weighted by Crippen LogP contribution is 2.12. The highest BCUT2D eigenvalue weighted by atomic mass is 16.5. The molecule has 0 unspecified atom stereocenters. The van der Waals surface area contributed by atoms with Gasteiger partial charge in [0.05, 0.1) is 13.7 Å². The van der Waals surface area contributed by atoms with Gasteiger partial charge in [-0.2, -0.15) is 0 Å². The monoisotopic (exact) mass is 236 g/mol. The van der Waals surface area contributed by atoms with Gasteiger partial charge in [-0.05, 0) is 30.0 Å². The van der Waals surface area contributed by atoms with E-state index in [0.29, 0.717) is 25.6 Å². The fourth-order valence-corrected chi connectivity index (χ4v) is 1.54. The molecule has 0 aliphatic heterocycles. The molecule has 1 rings (SSSR count). The lowest BCUT2D eigenvalue weighted by atomic mass is 10.1. The van der Waals surface area contributed by atoms with Crippen LogP contribution < -0.4 is 4.74 Å². The Morgan fingerprint density at radius 2 is 2.00 bits per heavy atom. The molecule has 1 atom stereocenters. The Morgan fingerprint density at radius 1 is 1.29 bits per heavy atom. The summed E-state index contributed by atoms with van der Waals surface area (Å²) in [4.78, 5) is 10.2. The van der Waals surface area contributed by atoms with Crippen LogP contribution in [0.4, 0.5) is 0 Å². The molecule has 0 fully saturated rings. The Balaban J connectivity index is 2.23. The predicted octanol–water partition coefficient (Wildman–Crippen LogP) is 2.83. The molecule has 0 saturated heterocycles. The lowest BCUT2D eigenvalue weighted by Crippen LogP contribution is -2.06. The van der Waals surface area contributed by atoms with Gasteiger partial charge in [-0.1, -0.05) is 19.1 Å². The van der Waals surface area contributed by atoms with Crippen molar-refractivity contribution >= 4 is 6.29 Å². The number of hydrogen-bond donors (Lipinski definition) is 0. The molecule has 0 radical (unpaired) electrons. The molecule has 0 aliphatic rings. The number of carbonyl (C=O) groups excluding carboxylic acids is 1. The quantitative estimate of drug-likeness (QED) is 0.651. The number of methoxy groups -OCH3 is 1. The first-order valence-electron chi connectivity index (χ1n) is 5.90. The lowest BCUT2D eigenvalue weighted by Gasteiger charge is -2.10. The van der Waals surface area contributed by atoms with Gasteiger partial charge in [0.15, 0.2) is 0 Å². The predicted molar refractivity (Wildman–Crippen MR) is 67.1 cm³/mol. The zero-order valence-electron chi connectivity index (χ0n) is 10.5. The van der Waals surface area contributed by atoms with E-state index in [-0.39, 0.29) is 0 Å². The summed E-state index contributed by atoms with van der Waals surface area (Å²) in [6, 6.07) is 7.84. The Kier molecular flexibility index (Phi) is 6.33. The Bertz CT molecular complexity index is 319.